The third kappa shape index (κ3) is 6.90. The molecule has 240 valence electrons. The van der Waals surface area contributed by atoms with Crippen LogP contribution < -0.4 is 0 Å². The Bertz CT molecular complexity index is 1760. The number of hydrazine groups is 1. The van der Waals surface area contributed by atoms with Gasteiger partial charge < -0.3 is 20.0 Å². The number of rotatable bonds is 10. The molecule has 47 heavy (non-hydrogen) atoms. The first-order valence-corrected chi connectivity index (χ1v) is 15.8. The van der Waals surface area contributed by atoms with Gasteiger partial charge in [0.2, 0.25) is 17.7 Å². The maximum absolute atomic E-state index is 14.3. The lowest BCUT2D eigenvalue weighted by atomic mass is 9.97. The molecule has 2 heterocycles. The predicted octanol–water partition coefficient (Wildman–Crippen LogP) is 4.75. The summed E-state index contributed by atoms with van der Waals surface area (Å²) in [5.41, 5.74) is 4.17. The molecule has 4 aromatic rings. The van der Waals surface area contributed by atoms with E-state index in [1.165, 1.54) is 0 Å². The third-order valence-electron chi connectivity index (χ3n) is 8.78. The summed E-state index contributed by atoms with van der Waals surface area (Å²) in [5, 5.41) is 23.7. The van der Waals surface area contributed by atoms with Gasteiger partial charge >= 0.3 is 0 Å². The van der Waals surface area contributed by atoms with E-state index >= 15 is 0 Å². The molecule has 0 bridgehead atoms. The summed E-state index contributed by atoms with van der Waals surface area (Å²) < 4.78 is 0. The van der Waals surface area contributed by atoms with Gasteiger partial charge in [-0.1, -0.05) is 84.9 Å². The second-order valence-electron chi connectivity index (χ2n) is 12.0. The lowest BCUT2D eigenvalue weighted by Crippen LogP contribution is -2.75. The van der Waals surface area contributed by atoms with Crippen molar-refractivity contribution in [2.45, 2.75) is 38.0 Å². The van der Waals surface area contributed by atoms with Crippen molar-refractivity contribution in [1.82, 2.24) is 19.8 Å². The summed E-state index contributed by atoms with van der Waals surface area (Å²) in [7, 11) is 0. The summed E-state index contributed by atoms with van der Waals surface area (Å²) in [6.45, 7) is 4.48. The van der Waals surface area contributed by atoms with Crippen LogP contribution in [-0.2, 0) is 33.8 Å². The fourth-order valence-corrected chi connectivity index (χ4v) is 6.54. The van der Waals surface area contributed by atoms with Crippen LogP contribution in [0, 0.1) is 0 Å². The van der Waals surface area contributed by atoms with Crippen molar-refractivity contribution in [2.75, 3.05) is 19.6 Å². The number of piperazine rings is 1. The average molecular weight is 631 g/mol. The molecule has 0 spiro atoms. The van der Waals surface area contributed by atoms with E-state index in [1.54, 1.807) is 62.3 Å². The van der Waals surface area contributed by atoms with E-state index in [2.05, 4.69) is 6.58 Å². The molecule has 2 N–H and O–H groups in total. The van der Waals surface area contributed by atoms with E-state index in [0.717, 1.165) is 22.3 Å². The second-order valence-corrected chi connectivity index (χ2v) is 12.0. The van der Waals surface area contributed by atoms with E-state index in [0.29, 0.717) is 18.5 Å². The van der Waals surface area contributed by atoms with Gasteiger partial charge in [0.15, 0.2) is 0 Å². The van der Waals surface area contributed by atoms with Crippen LogP contribution in [0.25, 0.3) is 11.1 Å². The molecule has 0 aromatic heterocycles. The van der Waals surface area contributed by atoms with Gasteiger partial charge in [0.1, 0.15) is 23.7 Å². The highest BCUT2D eigenvalue weighted by Gasteiger charge is 2.51. The van der Waals surface area contributed by atoms with Gasteiger partial charge in [0.25, 0.3) is 0 Å². The van der Waals surface area contributed by atoms with Gasteiger partial charge in [0.05, 0.1) is 13.1 Å². The van der Waals surface area contributed by atoms with Crippen LogP contribution in [0.5, 0.6) is 11.5 Å². The van der Waals surface area contributed by atoms with Gasteiger partial charge in [-0.15, -0.1) is 6.58 Å². The van der Waals surface area contributed by atoms with Crippen molar-refractivity contribution in [3.63, 3.8) is 0 Å². The standard InChI is InChI=1S/C38H38N4O5/c1-2-21-40-26-37(46)41-33(23-28-15-18-31(43)19-16-28)38(47)39(24-29-11-8-12-30(22-29)32-13-6-7-14-34(32)44)25-35(41)42(40)36(45)20-17-27-9-4-3-5-10-27/h2-16,18-19,22,33,35,43-44H,1,17,20-21,23-26H2/t33-,35-/m0/s1. The Hall–Kier alpha value is -5.41. The minimum Gasteiger partial charge on any atom is -0.508 e. The lowest BCUT2D eigenvalue weighted by molar-refractivity contribution is -0.205. The van der Waals surface area contributed by atoms with Crippen molar-refractivity contribution in [3.05, 3.63) is 132 Å². The Balaban J connectivity index is 1.35. The van der Waals surface area contributed by atoms with Gasteiger partial charge in [-0.05, 0) is 52.9 Å². The molecule has 2 aliphatic rings. The highest BCUT2D eigenvalue weighted by atomic mass is 16.3. The molecule has 2 saturated heterocycles. The lowest BCUT2D eigenvalue weighted by Gasteiger charge is -2.55. The fourth-order valence-electron chi connectivity index (χ4n) is 6.54. The van der Waals surface area contributed by atoms with Crippen molar-refractivity contribution in [3.8, 4) is 22.6 Å². The third-order valence-corrected chi connectivity index (χ3v) is 8.78. The highest BCUT2D eigenvalue weighted by molar-refractivity contribution is 5.92. The van der Waals surface area contributed by atoms with Gasteiger partial charge in [0, 0.05) is 31.5 Å². The number of aryl methyl sites for hydroxylation is 1. The number of nitrogens with zero attached hydrogens (tertiary/aromatic N) is 4. The number of amides is 3. The number of carbonyl (C=O) groups excluding carboxylic acids is 3. The van der Waals surface area contributed by atoms with Gasteiger partial charge in [-0.25, -0.2) is 10.0 Å². The smallest absolute Gasteiger partial charge is 0.246 e. The molecular weight excluding hydrogens is 592 g/mol. The summed E-state index contributed by atoms with van der Waals surface area (Å²) in [5.74, 6) is -0.322. The van der Waals surface area contributed by atoms with Crippen molar-refractivity contribution in [2.24, 2.45) is 0 Å². The summed E-state index contributed by atoms with van der Waals surface area (Å²) in [4.78, 5) is 45.5. The van der Waals surface area contributed by atoms with Crippen LogP contribution in [0.2, 0.25) is 0 Å². The maximum Gasteiger partial charge on any atom is 0.246 e. The number of benzene rings is 4. The number of aromatic hydroxyl groups is 2. The number of hydrogen-bond acceptors (Lipinski definition) is 6. The monoisotopic (exact) mass is 630 g/mol. The first kappa shape index (κ1) is 31.6. The van der Waals surface area contributed by atoms with Crippen LogP contribution >= 0.6 is 0 Å². The predicted molar refractivity (Wildman–Crippen MR) is 179 cm³/mol. The van der Waals surface area contributed by atoms with E-state index in [9.17, 15) is 24.6 Å². The molecule has 2 fully saturated rings. The van der Waals surface area contributed by atoms with Crippen LogP contribution in [0.3, 0.4) is 0 Å². The molecule has 9 heteroatoms. The second kappa shape index (κ2) is 13.9. The quantitative estimate of drug-likeness (QED) is 0.245. The van der Waals surface area contributed by atoms with E-state index in [1.807, 2.05) is 66.7 Å². The van der Waals surface area contributed by atoms with Crippen molar-refractivity contribution in [1.29, 1.82) is 0 Å². The van der Waals surface area contributed by atoms with Crippen LogP contribution in [0.15, 0.2) is 116 Å². The molecular formula is C38H38N4O5. The normalized spacial score (nSPS) is 18.3. The number of carbonyl (C=O) groups is 3. The first-order valence-electron chi connectivity index (χ1n) is 15.8. The van der Waals surface area contributed by atoms with Crippen molar-refractivity contribution < 1.29 is 24.6 Å². The Kier molecular flexibility index (Phi) is 9.35. The van der Waals surface area contributed by atoms with Gasteiger partial charge in [-0.3, -0.25) is 14.4 Å². The zero-order valence-corrected chi connectivity index (χ0v) is 26.1. The number of fused-ring (bicyclic) bond motifs is 1. The highest BCUT2D eigenvalue weighted by Crippen LogP contribution is 2.32. The molecule has 4 aromatic carbocycles. The van der Waals surface area contributed by atoms with Crippen LogP contribution in [-0.4, -0.2) is 79.6 Å². The maximum atomic E-state index is 14.3. The molecule has 6 rings (SSSR count). The SMILES string of the molecule is C=CCN1CC(=O)N2[C@@H](Cc3ccc(O)cc3)C(=O)N(Cc3cccc(-c4ccccc4O)c3)C[C@@H]2N1C(=O)CCc1ccccc1. The number of hydrogen-bond donors (Lipinski definition) is 2. The topological polar surface area (TPSA) is 105 Å². The molecule has 3 amide bonds. The van der Waals surface area contributed by atoms with Crippen LogP contribution in [0.4, 0.5) is 0 Å². The summed E-state index contributed by atoms with van der Waals surface area (Å²) in [6.07, 6.45) is 1.95. The summed E-state index contributed by atoms with van der Waals surface area (Å²) >= 11 is 0. The van der Waals surface area contributed by atoms with E-state index in [4.69, 9.17) is 0 Å². The molecule has 9 nitrogen and oxygen atoms in total. The Morgan fingerprint density at radius 2 is 1.57 bits per heavy atom. The zero-order valence-electron chi connectivity index (χ0n) is 26.1. The van der Waals surface area contributed by atoms with E-state index in [-0.39, 0.29) is 61.7 Å². The minimum absolute atomic E-state index is 0.0540. The van der Waals surface area contributed by atoms with E-state index < -0.39 is 12.2 Å². The molecule has 0 radical (unpaired) electrons. The Morgan fingerprint density at radius 3 is 2.32 bits per heavy atom. The number of phenolic OH excluding ortho intramolecular Hbond substituents is 2. The van der Waals surface area contributed by atoms with Crippen LogP contribution in [0.1, 0.15) is 23.1 Å². The minimum atomic E-state index is -0.859. The molecule has 0 aliphatic carbocycles. The molecule has 0 unspecified atom stereocenters. The van der Waals surface area contributed by atoms with Crippen molar-refractivity contribution >= 4 is 17.7 Å². The van der Waals surface area contributed by atoms with Gasteiger partial charge in [-0.2, -0.15) is 0 Å². The fraction of sp³-hybridized carbons (Fsp3) is 0.237. The molecule has 2 aliphatic heterocycles. The Morgan fingerprint density at radius 1 is 0.851 bits per heavy atom. The number of phenols is 2. The first-order chi connectivity index (χ1) is 22.8. The average Bonchev–Trinajstić information content (AvgIpc) is 3.07. The molecule has 2 atom stereocenters. The molecule has 0 saturated carbocycles. The summed E-state index contributed by atoms with van der Waals surface area (Å²) in [6, 6.07) is 30.3. The zero-order chi connectivity index (χ0) is 32.9. The Labute approximate surface area is 274 Å². The number of para-hydroxylation sites is 1. The largest absolute Gasteiger partial charge is 0.508 e.